The molecule has 1 aromatic carbocycles. The monoisotopic (exact) mass is 455 g/mol. The van der Waals surface area contributed by atoms with Gasteiger partial charge in [-0.2, -0.15) is 0 Å². The second kappa shape index (κ2) is 8.83. The minimum absolute atomic E-state index is 0.0443. The average molecular weight is 455 g/mol. The molecule has 1 fully saturated rings. The van der Waals surface area contributed by atoms with Gasteiger partial charge in [-0.25, -0.2) is 31.9 Å². The lowest BCUT2D eigenvalue weighted by Crippen LogP contribution is -2.39. The number of rotatable bonds is 7. The zero-order chi connectivity index (χ0) is 22.8. The summed E-state index contributed by atoms with van der Waals surface area (Å²) in [6.07, 6.45) is 1.02. The lowest BCUT2D eigenvalue weighted by molar-refractivity contribution is -0.155. The van der Waals surface area contributed by atoms with Gasteiger partial charge in [0.2, 0.25) is 10.0 Å². The zero-order valence-corrected chi connectivity index (χ0v) is 17.8. The van der Waals surface area contributed by atoms with Crippen molar-refractivity contribution in [2.45, 2.75) is 38.4 Å². The van der Waals surface area contributed by atoms with Crippen molar-refractivity contribution in [1.29, 1.82) is 0 Å². The number of halogens is 2. The Bertz CT molecular complexity index is 1060. The van der Waals surface area contributed by atoms with E-state index in [1.54, 1.807) is 13.0 Å². The van der Waals surface area contributed by atoms with Crippen LogP contribution in [0.3, 0.4) is 0 Å². The topological polar surface area (TPSA) is 118 Å². The number of carbonyl (C=O) groups excluding carboxylic acids is 1. The summed E-state index contributed by atoms with van der Waals surface area (Å²) in [6.45, 7) is 1.72. The van der Waals surface area contributed by atoms with Crippen LogP contribution in [-0.4, -0.2) is 54.5 Å². The van der Waals surface area contributed by atoms with Crippen LogP contribution >= 0.6 is 0 Å². The van der Waals surface area contributed by atoms with E-state index in [0.717, 1.165) is 18.6 Å². The molecule has 3 atom stereocenters. The van der Waals surface area contributed by atoms with Gasteiger partial charge in [0.15, 0.2) is 11.6 Å². The third kappa shape index (κ3) is 5.34. The van der Waals surface area contributed by atoms with Crippen molar-refractivity contribution in [1.82, 2.24) is 14.7 Å². The van der Waals surface area contributed by atoms with Crippen molar-refractivity contribution in [3.8, 4) is 17.1 Å². The van der Waals surface area contributed by atoms with E-state index in [1.807, 2.05) is 0 Å². The summed E-state index contributed by atoms with van der Waals surface area (Å²) < 4.78 is 58.5. The maximum atomic E-state index is 14.7. The number of nitrogens with one attached hydrogen (secondary N) is 1. The number of nitrogens with zero attached hydrogens (tertiary/aromatic N) is 2. The van der Waals surface area contributed by atoms with E-state index in [1.165, 1.54) is 12.1 Å². The van der Waals surface area contributed by atoms with Gasteiger partial charge < -0.3 is 9.84 Å². The SMILES string of the molecule is CCOC(=O)[C@@]1(Cc2ccc(O)c(-c3ncc(F)cn3)c2)C[C@H](F)[C@H](NS(C)(=O)=O)C1. The zero-order valence-electron chi connectivity index (χ0n) is 17.0. The molecule has 2 N–H and O–H groups in total. The van der Waals surface area contributed by atoms with Crippen LogP contribution in [0.5, 0.6) is 5.75 Å². The number of aromatic nitrogens is 2. The van der Waals surface area contributed by atoms with Crippen LogP contribution in [0.2, 0.25) is 0 Å². The smallest absolute Gasteiger partial charge is 0.312 e. The molecule has 31 heavy (non-hydrogen) atoms. The van der Waals surface area contributed by atoms with E-state index < -0.39 is 39.4 Å². The van der Waals surface area contributed by atoms with Crippen molar-refractivity contribution in [2.75, 3.05) is 12.9 Å². The molecule has 0 radical (unpaired) electrons. The maximum absolute atomic E-state index is 14.7. The van der Waals surface area contributed by atoms with Crippen molar-refractivity contribution in [3.63, 3.8) is 0 Å². The van der Waals surface area contributed by atoms with Crippen LogP contribution in [0.1, 0.15) is 25.3 Å². The fourth-order valence-electron chi connectivity index (χ4n) is 3.92. The summed E-state index contributed by atoms with van der Waals surface area (Å²) in [5.41, 5.74) is -0.520. The number of esters is 1. The molecule has 0 saturated heterocycles. The fraction of sp³-hybridized carbons (Fsp3) is 0.450. The number of ether oxygens (including phenoxy) is 1. The first-order valence-corrected chi connectivity index (χ1v) is 11.5. The molecule has 1 aromatic heterocycles. The summed E-state index contributed by atoms with van der Waals surface area (Å²) in [7, 11) is -3.68. The number of hydrogen-bond donors (Lipinski definition) is 2. The number of sulfonamides is 1. The largest absolute Gasteiger partial charge is 0.507 e. The predicted molar refractivity (Wildman–Crippen MR) is 108 cm³/mol. The van der Waals surface area contributed by atoms with Crippen molar-refractivity contribution in [3.05, 3.63) is 42.0 Å². The summed E-state index contributed by atoms with van der Waals surface area (Å²) in [4.78, 5) is 20.5. The van der Waals surface area contributed by atoms with Gasteiger partial charge in [0.25, 0.3) is 0 Å². The van der Waals surface area contributed by atoms with Gasteiger partial charge in [0, 0.05) is 0 Å². The number of hydrogen-bond acceptors (Lipinski definition) is 7. The molecule has 1 aliphatic carbocycles. The Kier molecular flexibility index (Phi) is 6.56. The minimum atomic E-state index is -3.68. The van der Waals surface area contributed by atoms with E-state index >= 15 is 0 Å². The molecule has 0 bridgehead atoms. The fourth-order valence-corrected chi connectivity index (χ4v) is 4.70. The van der Waals surface area contributed by atoms with E-state index in [2.05, 4.69) is 14.7 Å². The number of alkyl halides is 1. The first-order chi connectivity index (χ1) is 14.5. The Labute approximate surface area is 178 Å². The Balaban J connectivity index is 1.95. The summed E-state index contributed by atoms with van der Waals surface area (Å²) >= 11 is 0. The second-order valence-electron chi connectivity index (χ2n) is 7.67. The standard InChI is InChI=1S/C20H23F2N3O5S/c1-3-30-19(27)20(8-15(22)16(9-20)25-31(2,28)29)7-12-4-5-17(26)14(6-12)18-23-10-13(21)11-24-18/h4-6,10-11,15-16,25-26H,3,7-9H2,1-2H3/t15-,16+,20-/m0/s1. The molecular weight excluding hydrogens is 432 g/mol. The van der Waals surface area contributed by atoms with Gasteiger partial charge in [-0.15, -0.1) is 0 Å². The average Bonchev–Trinajstić information content (AvgIpc) is 2.99. The molecule has 168 valence electrons. The van der Waals surface area contributed by atoms with E-state index in [-0.39, 0.29) is 43.0 Å². The molecule has 8 nitrogen and oxygen atoms in total. The highest BCUT2D eigenvalue weighted by Gasteiger charge is 2.52. The number of aromatic hydroxyl groups is 1. The molecule has 0 unspecified atom stereocenters. The lowest BCUT2D eigenvalue weighted by Gasteiger charge is -2.27. The molecule has 1 saturated carbocycles. The van der Waals surface area contributed by atoms with Crippen molar-refractivity contribution >= 4 is 16.0 Å². The van der Waals surface area contributed by atoms with E-state index in [9.17, 15) is 27.1 Å². The number of carbonyl (C=O) groups is 1. The van der Waals surface area contributed by atoms with Crippen molar-refractivity contribution in [2.24, 2.45) is 5.41 Å². The molecule has 0 amide bonds. The van der Waals surface area contributed by atoms with Gasteiger partial charge >= 0.3 is 5.97 Å². The Morgan fingerprint density at radius 2 is 2.00 bits per heavy atom. The molecular formula is C20H23F2N3O5S. The van der Waals surface area contributed by atoms with Crippen molar-refractivity contribution < 1.29 is 31.8 Å². The van der Waals surface area contributed by atoms with Crippen LogP contribution in [0.15, 0.2) is 30.6 Å². The first kappa shape index (κ1) is 23.0. The minimum Gasteiger partial charge on any atom is -0.507 e. The molecule has 1 aliphatic rings. The molecule has 3 rings (SSSR count). The number of phenolic OH excluding ortho intramolecular Hbond substituents is 1. The van der Waals surface area contributed by atoms with Crippen LogP contribution in [0, 0.1) is 11.2 Å². The normalized spacial score (nSPS) is 23.6. The second-order valence-corrected chi connectivity index (χ2v) is 9.45. The number of phenols is 1. The Morgan fingerprint density at radius 3 is 2.61 bits per heavy atom. The highest BCUT2D eigenvalue weighted by molar-refractivity contribution is 7.88. The first-order valence-electron chi connectivity index (χ1n) is 9.61. The van der Waals surface area contributed by atoms with Crippen LogP contribution < -0.4 is 4.72 Å². The van der Waals surface area contributed by atoms with Gasteiger partial charge in [-0.1, -0.05) is 6.07 Å². The third-order valence-corrected chi connectivity index (χ3v) is 5.90. The van der Waals surface area contributed by atoms with Gasteiger partial charge in [-0.3, -0.25) is 4.79 Å². The summed E-state index contributed by atoms with van der Waals surface area (Å²) in [6, 6.07) is 3.42. The lowest BCUT2D eigenvalue weighted by atomic mass is 9.79. The van der Waals surface area contributed by atoms with Crippen LogP contribution in [0.4, 0.5) is 8.78 Å². The Morgan fingerprint density at radius 1 is 1.32 bits per heavy atom. The third-order valence-electron chi connectivity index (χ3n) is 5.17. The summed E-state index contributed by atoms with van der Waals surface area (Å²) in [5.74, 6) is -1.32. The predicted octanol–water partition coefficient (Wildman–Crippen LogP) is 2.13. The van der Waals surface area contributed by atoms with Crippen LogP contribution in [0.25, 0.3) is 11.4 Å². The molecule has 11 heteroatoms. The van der Waals surface area contributed by atoms with Gasteiger partial charge in [0.1, 0.15) is 11.9 Å². The quantitative estimate of drug-likeness (QED) is 0.614. The van der Waals surface area contributed by atoms with Gasteiger partial charge in [-0.05, 0) is 43.9 Å². The maximum Gasteiger partial charge on any atom is 0.312 e. The molecule has 0 aliphatic heterocycles. The summed E-state index contributed by atoms with van der Waals surface area (Å²) in [5, 5.41) is 10.2. The Hall–Kier alpha value is -2.66. The van der Waals surface area contributed by atoms with E-state index in [0.29, 0.717) is 5.56 Å². The molecule has 1 heterocycles. The van der Waals surface area contributed by atoms with Crippen LogP contribution in [-0.2, 0) is 26.0 Å². The molecule has 0 spiro atoms. The van der Waals surface area contributed by atoms with Gasteiger partial charge in [0.05, 0.1) is 42.3 Å². The highest BCUT2D eigenvalue weighted by atomic mass is 32.2. The highest BCUT2D eigenvalue weighted by Crippen LogP contribution is 2.44. The molecule has 2 aromatic rings. The number of benzene rings is 1. The van der Waals surface area contributed by atoms with E-state index in [4.69, 9.17) is 4.74 Å².